The van der Waals surface area contributed by atoms with Crippen molar-refractivity contribution in [2.75, 3.05) is 5.73 Å². The van der Waals surface area contributed by atoms with Gasteiger partial charge in [-0.2, -0.15) is 0 Å². The molecular formula is C14H15N3O. The lowest BCUT2D eigenvalue weighted by Gasteiger charge is -2.17. The number of anilines is 1. The number of nitrogens with two attached hydrogens (primary N) is 1. The van der Waals surface area contributed by atoms with E-state index in [1.807, 2.05) is 0 Å². The van der Waals surface area contributed by atoms with E-state index >= 15 is 0 Å². The average molecular weight is 241 g/mol. The summed E-state index contributed by atoms with van der Waals surface area (Å²) in [7, 11) is 0. The molecule has 1 aromatic heterocycles. The summed E-state index contributed by atoms with van der Waals surface area (Å²) in [5, 5.41) is 9.28. The van der Waals surface area contributed by atoms with Crippen molar-refractivity contribution in [3.05, 3.63) is 35.5 Å². The summed E-state index contributed by atoms with van der Waals surface area (Å²) in [5.41, 5.74) is 9.09. The lowest BCUT2D eigenvalue weighted by molar-refractivity contribution is 0.475. The molecule has 0 amide bonds. The van der Waals surface area contributed by atoms with E-state index in [2.05, 4.69) is 9.97 Å². The Labute approximate surface area is 106 Å². The number of phenolic OH excluding ortho intramolecular Hbond substituents is 1. The van der Waals surface area contributed by atoms with Crippen LogP contribution in [0, 0.1) is 0 Å². The van der Waals surface area contributed by atoms with E-state index in [1.165, 1.54) is 12.8 Å². The highest BCUT2D eigenvalue weighted by Gasteiger charge is 2.16. The normalized spacial score (nSPS) is 14.2. The zero-order chi connectivity index (χ0) is 12.5. The van der Waals surface area contributed by atoms with Crippen molar-refractivity contribution in [2.45, 2.75) is 25.7 Å². The number of nitrogen functional groups attached to an aromatic ring is 1. The summed E-state index contributed by atoms with van der Waals surface area (Å²) in [6.45, 7) is 0. The van der Waals surface area contributed by atoms with Gasteiger partial charge in [0.15, 0.2) is 5.82 Å². The number of hydrogen-bond acceptors (Lipinski definition) is 4. The lowest BCUT2D eigenvalue weighted by atomic mass is 9.96. The molecule has 92 valence electrons. The molecular weight excluding hydrogens is 226 g/mol. The van der Waals surface area contributed by atoms with E-state index in [9.17, 15) is 5.11 Å². The second-order valence-electron chi connectivity index (χ2n) is 4.61. The number of aromatic hydroxyl groups is 1. The molecule has 0 radical (unpaired) electrons. The Hall–Kier alpha value is -2.10. The van der Waals surface area contributed by atoms with Crippen LogP contribution < -0.4 is 5.73 Å². The number of fused-ring (bicyclic) bond motifs is 1. The first-order chi connectivity index (χ1) is 8.74. The number of aryl methyl sites for hydroxylation is 1. The molecule has 0 aliphatic heterocycles. The number of phenols is 1. The van der Waals surface area contributed by atoms with Crippen LogP contribution in [0.25, 0.3) is 11.4 Å². The molecule has 1 aromatic carbocycles. The number of rotatable bonds is 1. The molecule has 0 bridgehead atoms. The van der Waals surface area contributed by atoms with Crippen molar-refractivity contribution in [2.24, 2.45) is 0 Å². The van der Waals surface area contributed by atoms with Gasteiger partial charge in [-0.1, -0.05) is 0 Å². The van der Waals surface area contributed by atoms with Crippen molar-refractivity contribution < 1.29 is 5.11 Å². The summed E-state index contributed by atoms with van der Waals surface area (Å²) in [4.78, 5) is 8.97. The third-order valence-electron chi connectivity index (χ3n) is 3.34. The molecule has 2 aromatic rings. The van der Waals surface area contributed by atoms with Crippen molar-refractivity contribution >= 4 is 5.82 Å². The van der Waals surface area contributed by atoms with E-state index in [0.29, 0.717) is 11.6 Å². The maximum absolute atomic E-state index is 9.28. The first-order valence-electron chi connectivity index (χ1n) is 6.19. The van der Waals surface area contributed by atoms with Crippen LogP contribution >= 0.6 is 0 Å². The number of aromatic nitrogens is 2. The highest BCUT2D eigenvalue weighted by molar-refractivity contribution is 5.60. The van der Waals surface area contributed by atoms with E-state index in [1.54, 1.807) is 24.3 Å². The van der Waals surface area contributed by atoms with Gasteiger partial charge in [0.2, 0.25) is 0 Å². The molecule has 0 atom stereocenters. The minimum Gasteiger partial charge on any atom is -0.508 e. The maximum atomic E-state index is 9.28. The van der Waals surface area contributed by atoms with E-state index in [0.717, 1.165) is 29.7 Å². The minimum absolute atomic E-state index is 0.240. The Bertz CT molecular complexity index is 578. The molecule has 1 aliphatic rings. The smallest absolute Gasteiger partial charge is 0.161 e. The van der Waals surface area contributed by atoms with Gasteiger partial charge in [-0.15, -0.1) is 0 Å². The van der Waals surface area contributed by atoms with Crippen LogP contribution in [-0.4, -0.2) is 15.1 Å². The third kappa shape index (κ3) is 1.90. The summed E-state index contributed by atoms with van der Waals surface area (Å²) in [5.74, 6) is 1.49. The van der Waals surface area contributed by atoms with Gasteiger partial charge in [0.1, 0.15) is 11.6 Å². The monoisotopic (exact) mass is 241 g/mol. The van der Waals surface area contributed by atoms with Crippen molar-refractivity contribution in [1.29, 1.82) is 0 Å². The number of benzene rings is 1. The Kier molecular flexibility index (Phi) is 2.63. The Morgan fingerprint density at radius 2 is 1.72 bits per heavy atom. The first kappa shape index (κ1) is 11.0. The zero-order valence-electron chi connectivity index (χ0n) is 10.1. The summed E-state index contributed by atoms with van der Waals surface area (Å²) < 4.78 is 0. The Morgan fingerprint density at radius 3 is 2.50 bits per heavy atom. The van der Waals surface area contributed by atoms with Crippen LogP contribution in [-0.2, 0) is 12.8 Å². The molecule has 4 heteroatoms. The van der Waals surface area contributed by atoms with Crippen LogP contribution in [0.5, 0.6) is 5.75 Å². The molecule has 1 heterocycles. The molecule has 3 N–H and O–H groups in total. The molecule has 0 saturated carbocycles. The predicted molar refractivity (Wildman–Crippen MR) is 70.2 cm³/mol. The summed E-state index contributed by atoms with van der Waals surface area (Å²) in [6, 6.07) is 6.88. The SMILES string of the molecule is Nc1nc(-c2ccc(O)cc2)nc2c1CCCC2. The second-order valence-corrected chi connectivity index (χ2v) is 4.61. The molecule has 0 unspecified atom stereocenters. The van der Waals surface area contributed by atoms with E-state index in [-0.39, 0.29) is 5.75 Å². The number of hydrogen-bond donors (Lipinski definition) is 2. The van der Waals surface area contributed by atoms with Crippen molar-refractivity contribution in [1.82, 2.24) is 9.97 Å². The van der Waals surface area contributed by atoms with Crippen molar-refractivity contribution in [3.63, 3.8) is 0 Å². The van der Waals surface area contributed by atoms with Crippen LogP contribution in [0.3, 0.4) is 0 Å². The summed E-state index contributed by atoms with van der Waals surface area (Å²) >= 11 is 0. The van der Waals surface area contributed by atoms with Crippen LogP contribution in [0.1, 0.15) is 24.1 Å². The van der Waals surface area contributed by atoms with Gasteiger partial charge >= 0.3 is 0 Å². The summed E-state index contributed by atoms with van der Waals surface area (Å²) in [6.07, 6.45) is 4.29. The molecule has 18 heavy (non-hydrogen) atoms. The Balaban J connectivity index is 2.08. The minimum atomic E-state index is 0.240. The molecule has 0 spiro atoms. The van der Waals surface area contributed by atoms with E-state index < -0.39 is 0 Å². The largest absolute Gasteiger partial charge is 0.508 e. The van der Waals surface area contributed by atoms with Crippen LogP contribution in [0.2, 0.25) is 0 Å². The quantitative estimate of drug-likeness (QED) is 0.803. The molecule has 3 rings (SSSR count). The van der Waals surface area contributed by atoms with Crippen LogP contribution in [0.4, 0.5) is 5.82 Å². The highest BCUT2D eigenvalue weighted by atomic mass is 16.3. The molecule has 0 saturated heterocycles. The topological polar surface area (TPSA) is 72.0 Å². The molecule has 1 aliphatic carbocycles. The van der Waals surface area contributed by atoms with Crippen LogP contribution in [0.15, 0.2) is 24.3 Å². The molecule has 0 fully saturated rings. The fraction of sp³-hybridized carbons (Fsp3) is 0.286. The van der Waals surface area contributed by atoms with Gasteiger partial charge in [-0.05, 0) is 49.9 Å². The predicted octanol–water partition coefficient (Wildman–Crippen LogP) is 2.31. The zero-order valence-corrected chi connectivity index (χ0v) is 10.1. The van der Waals surface area contributed by atoms with Gasteiger partial charge in [0, 0.05) is 16.8 Å². The lowest BCUT2D eigenvalue weighted by Crippen LogP contribution is -2.11. The van der Waals surface area contributed by atoms with Crippen molar-refractivity contribution in [3.8, 4) is 17.1 Å². The maximum Gasteiger partial charge on any atom is 0.161 e. The number of nitrogens with zero attached hydrogens (tertiary/aromatic N) is 2. The van der Waals surface area contributed by atoms with Gasteiger partial charge in [-0.25, -0.2) is 9.97 Å². The standard InChI is InChI=1S/C14H15N3O/c15-13-11-3-1-2-4-12(11)16-14(17-13)9-5-7-10(18)8-6-9/h5-8,18H,1-4H2,(H2,15,16,17). The highest BCUT2D eigenvalue weighted by Crippen LogP contribution is 2.27. The Morgan fingerprint density at radius 1 is 1.00 bits per heavy atom. The third-order valence-corrected chi connectivity index (χ3v) is 3.34. The fourth-order valence-corrected chi connectivity index (χ4v) is 2.36. The average Bonchev–Trinajstić information content (AvgIpc) is 2.39. The second kappa shape index (κ2) is 4.29. The van der Waals surface area contributed by atoms with Gasteiger partial charge in [0.25, 0.3) is 0 Å². The van der Waals surface area contributed by atoms with E-state index in [4.69, 9.17) is 5.73 Å². The van der Waals surface area contributed by atoms with Gasteiger partial charge in [-0.3, -0.25) is 0 Å². The molecule has 4 nitrogen and oxygen atoms in total. The first-order valence-corrected chi connectivity index (χ1v) is 6.19. The fourth-order valence-electron chi connectivity index (χ4n) is 2.36. The van der Waals surface area contributed by atoms with Gasteiger partial charge < -0.3 is 10.8 Å². The van der Waals surface area contributed by atoms with Gasteiger partial charge in [0.05, 0.1) is 0 Å².